The van der Waals surface area contributed by atoms with E-state index in [-0.39, 0.29) is 0 Å². The van der Waals surface area contributed by atoms with Gasteiger partial charge < -0.3 is 10.5 Å². The van der Waals surface area contributed by atoms with Gasteiger partial charge in [0.1, 0.15) is 5.82 Å². The highest BCUT2D eigenvalue weighted by Crippen LogP contribution is 2.26. The van der Waals surface area contributed by atoms with Crippen molar-refractivity contribution in [3.8, 4) is 5.88 Å². The van der Waals surface area contributed by atoms with Gasteiger partial charge in [-0.25, -0.2) is 4.98 Å². The molecule has 2 aromatic rings. The average Bonchev–Trinajstić information content (AvgIpc) is 2.85. The van der Waals surface area contributed by atoms with E-state index in [1.54, 1.807) is 12.4 Å². The van der Waals surface area contributed by atoms with E-state index in [9.17, 15) is 0 Å². The summed E-state index contributed by atoms with van der Waals surface area (Å²) >= 11 is 0. The predicted molar refractivity (Wildman–Crippen MR) is 73.9 cm³/mol. The van der Waals surface area contributed by atoms with E-state index in [0.29, 0.717) is 35.8 Å². The molecule has 2 heterocycles. The first-order valence-corrected chi connectivity index (χ1v) is 6.61. The Bertz CT molecular complexity index is 605. The molecule has 0 aliphatic heterocycles. The Labute approximate surface area is 112 Å². The van der Waals surface area contributed by atoms with Gasteiger partial charge in [0.2, 0.25) is 5.65 Å². The molecule has 1 aliphatic rings. The van der Waals surface area contributed by atoms with Crippen LogP contribution in [-0.4, -0.2) is 21.0 Å². The Hall–Kier alpha value is -2.04. The number of anilines is 1. The monoisotopic (exact) mass is 258 g/mol. The zero-order valence-electron chi connectivity index (χ0n) is 11.0. The van der Waals surface area contributed by atoms with Crippen molar-refractivity contribution in [3.63, 3.8) is 0 Å². The van der Waals surface area contributed by atoms with Gasteiger partial charge in [0.25, 0.3) is 5.88 Å². The normalized spacial score (nSPS) is 22.8. The Kier molecular flexibility index (Phi) is 3.11. The number of allylic oxidation sites excluding steroid dienone is 2. The molecule has 19 heavy (non-hydrogen) atoms. The smallest absolute Gasteiger partial charge is 0.260 e. The fraction of sp³-hybridized carbons (Fsp3) is 0.429. The van der Waals surface area contributed by atoms with Crippen LogP contribution in [0.4, 0.5) is 5.82 Å². The summed E-state index contributed by atoms with van der Waals surface area (Å²) in [5, 5.41) is 0. The molecule has 0 fully saturated rings. The van der Waals surface area contributed by atoms with Crippen molar-refractivity contribution in [2.24, 2.45) is 11.8 Å². The molecule has 2 atom stereocenters. The Balaban J connectivity index is 1.78. The molecule has 0 bridgehead atoms. The summed E-state index contributed by atoms with van der Waals surface area (Å²) in [6, 6.07) is 0. The van der Waals surface area contributed by atoms with Crippen LogP contribution in [0.2, 0.25) is 0 Å². The summed E-state index contributed by atoms with van der Waals surface area (Å²) in [5.74, 6) is 2.13. The third kappa shape index (κ3) is 2.41. The number of nitrogen functional groups attached to an aromatic ring is 1. The van der Waals surface area contributed by atoms with E-state index in [1.807, 2.05) is 10.6 Å². The lowest BCUT2D eigenvalue weighted by molar-refractivity contribution is 0.194. The van der Waals surface area contributed by atoms with Crippen molar-refractivity contribution in [2.75, 3.05) is 12.3 Å². The van der Waals surface area contributed by atoms with Crippen LogP contribution >= 0.6 is 0 Å². The number of ether oxygens (including phenoxy) is 1. The van der Waals surface area contributed by atoms with Gasteiger partial charge in [-0.15, -0.1) is 0 Å². The molecule has 0 amide bonds. The van der Waals surface area contributed by atoms with E-state index in [4.69, 9.17) is 10.5 Å². The van der Waals surface area contributed by atoms with Crippen LogP contribution in [0.25, 0.3) is 5.65 Å². The van der Waals surface area contributed by atoms with Gasteiger partial charge in [0.15, 0.2) is 0 Å². The zero-order valence-corrected chi connectivity index (χ0v) is 11.0. The van der Waals surface area contributed by atoms with Crippen LogP contribution in [0.15, 0.2) is 30.7 Å². The Morgan fingerprint density at radius 3 is 3.11 bits per heavy atom. The van der Waals surface area contributed by atoms with Crippen molar-refractivity contribution < 1.29 is 4.74 Å². The van der Waals surface area contributed by atoms with Crippen molar-refractivity contribution in [3.05, 3.63) is 30.7 Å². The molecule has 0 saturated heterocycles. The number of nitrogens with two attached hydrogens (primary N) is 1. The van der Waals surface area contributed by atoms with Gasteiger partial charge >= 0.3 is 0 Å². The summed E-state index contributed by atoms with van der Waals surface area (Å²) in [6.07, 6.45) is 12.0. The Morgan fingerprint density at radius 1 is 1.42 bits per heavy atom. The zero-order chi connectivity index (χ0) is 13.2. The number of nitrogens with zero attached hydrogens (tertiary/aromatic N) is 3. The average molecular weight is 258 g/mol. The number of aromatic nitrogens is 3. The van der Waals surface area contributed by atoms with E-state index in [0.717, 1.165) is 12.8 Å². The number of fused-ring (bicyclic) bond motifs is 1. The van der Waals surface area contributed by atoms with Crippen LogP contribution in [0.3, 0.4) is 0 Å². The van der Waals surface area contributed by atoms with Gasteiger partial charge in [-0.1, -0.05) is 19.1 Å². The van der Waals surface area contributed by atoms with Crippen LogP contribution in [0.5, 0.6) is 5.88 Å². The van der Waals surface area contributed by atoms with Crippen molar-refractivity contribution in [2.45, 2.75) is 19.8 Å². The van der Waals surface area contributed by atoms with Crippen molar-refractivity contribution in [1.29, 1.82) is 0 Å². The minimum absolute atomic E-state index is 0.442. The summed E-state index contributed by atoms with van der Waals surface area (Å²) < 4.78 is 7.70. The predicted octanol–water partition coefficient (Wildman–Crippen LogP) is 2.29. The van der Waals surface area contributed by atoms with E-state index >= 15 is 0 Å². The second kappa shape index (κ2) is 4.91. The van der Waals surface area contributed by atoms with Gasteiger partial charge in [0.05, 0.1) is 12.8 Å². The molecule has 0 radical (unpaired) electrons. The summed E-state index contributed by atoms with van der Waals surface area (Å²) in [7, 11) is 0. The lowest BCUT2D eigenvalue weighted by Crippen LogP contribution is -2.21. The fourth-order valence-corrected chi connectivity index (χ4v) is 2.44. The van der Waals surface area contributed by atoms with Gasteiger partial charge in [-0.05, 0) is 24.7 Å². The molecule has 0 aromatic carbocycles. The minimum Gasteiger partial charge on any atom is -0.475 e. The highest BCUT2D eigenvalue weighted by molar-refractivity contribution is 5.52. The largest absolute Gasteiger partial charge is 0.475 e. The summed E-state index contributed by atoms with van der Waals surface area (Å²) in [4.78, 5) is 8.49. The molecule has 5 heteroatoms. The van der Waals surface area contributed by atoms with E-state index in [1.165, 1.54) is 0 Å². The molecule has 0 saturated carbocycles. The molecule has 5 nitrogen and oxygen atoms in total. The molecular formula is C14H18N4O. The van der Waals surface area contributed by atoms with Gasteiger partial charge in [0, 0.05) is 12.4 Å². The quantitative estimate of drug-likeness (QED) is 0.858. The minimum atomic E-state index is 0.442. The van der Waals surface area contributed by atoms with Crippen LogP contribution in [0.1, 0.15) is 19.8 Å². The van der Waals surface area contributed by atoms with E-state index in [2.05, 4.69) is 29.0 Å². The van der Waals surface area contributed by atoms with E-state index < -0.39 is 0 Å². The molecule has 0 spiro atoms. The lowest BCUT2D eigenvalue weighted by atomic mass is 9.85. The second-order valence-corrected chi connectivity index (χ2v) is 5.12. The van der Waals surface area contributed by atoms with Crippen molar-refractivity contribution >= 4 is 11.5 Å². The SMILES string of the molecule is CC1CC=CCC1COc1nc(N)cn2ccnc12. The van der Waals surface area contributed by atoms with Crippen LogP contribution in [-0.2, 0) is 0 Å². The van der Waals surface area contributed by atoms with Crippen LogP contribution in [0, 0.1) is 11.8 Å². The highest BCUT2D eigenvalue weighted by atomic mass is 16.5. The number of hydrogen-bond donors (Lipinski definition) is 1. The van der Waals surface area contributed by atoms with Gasteiger partial charge in [-0.3, -0.25) is 4.40 Å². The maximum Gasteiger partial charge on any atom is 0.260 e. The number of rotatable bonds is 3. The first-order chi connectivity index (χ1) is 9.24. The third-order valence-corrected chi connectivity index (χ3v) is 3.71. The molecule has 2 aromatic heterocycles. The lowest BCUT2D eigenvalue weighted by Gasteiger charge is -2.24. The van der Waals surface area contributed by atoms with Gasteiger partial charge in [-0.2, -0.15) is 4.98 Å². The Morgan fingerprint density at radius 2 is 2.26 bits per heavy atom. The molecule has 3 rings (SSSR count). The molecule has 2 N–H and O–H groups in total. The highest BCUT2D eigenvalue weighted by Gasteiger charge is 2.20. The topological polar surface area (TPSA) is 65.4 Å². The molecule has 1 aliphatic carbocycles. The fourth-order valence-electron chi connectivity index (χ4n) is 2.44. The summed E-state index contributed by atoms with van der Waals surface area (Å²) in [6.45, 7) is 2.92. The molecule has 100 valence electrons. The number of hydrogen-bond acceptors (Lipinski definition) is 4. The first kappa shape index (κ1) is 12.0. The first-order valence-electron chi connectivity index (χ1n) is 6.61. The maximum absolute atomic E-state index is 5.86. The standard InChI is InChI=1S/C14H18N4O/c1-10-4-2-3-5-11(10)9-19-14-13-16-6-7-18(13)8-12(15)17-14/h2-3,6-8,10-11H,4-5,9,15H2,1H3. The maximum atomic E-state index is 5.86. The van der Waals surface area contributed by atoms with Crippen LogP contribution < -0.4 is 10.5 Å². The second-order valence-electron chi connectivity index (χ2n) is 5.12. The molecular weight excluding hydrogens is 240 g/mol. The number of imidazole rings is 1. The third-order valence-electron chi connectivity index (χ3n) is 3.71. The molecule has 2 unspecified atom stereocenters. The summed E-state index contributed by atoms with van der Waals surface area (Å²) in [5.41, 5.74) is 6.48. The van der Waals surface area contributed by atoms with Crippen molar-refractivity contribution in [1.82, 2.24) is 14.4 Å².